The van der Waals surface area contributed by atoms with E-state index in [0.717, 1.165) is 108 Å². The maximum Gasteiger partial charge on any atom is 0.352 e. The minimum absolute atomic E-state index is 0.0150. The van der Waals surface area contributed by atoms with E-state index in [2.05, 4.69) is 44.0 Å². The summed E-state index contributed by atoms with van der Waals surface area (Å²) in [5.74, 6) is 1.24. The van der Waals surface area contributed by atoms with Crippen LogP contribution >= 0.6 is 22.7 Å². The molecule has 2 saturated carbocycles. The van der Waals surface area contributed by atoms with E-state index in [1.54, 1.807) is 0 Å². The summed E-state index contributed by atoms with van der Waals surface area (Å²) in [6.45, 7) is 14.6. The van der Waals surface area contributed by atoms with Gasteiger partial charge in [0.25, 0.3) is 0 Å². The second-order valence-electron chi connectivity index (χ2n) is 12.4. The maximum absolute atomic E-state index is 9.34. The van der Waals surface area contributed by atoms with Crippen LogP contribution in [0.15, 0.2) is 45.8 Å². The van der Waals surface area contributed by atoms with Crippen molar-refractivity contribution in [3.05, 3.63) is 79.8 Å². The monoisotopic (exact) mass is 642 g/mol. The summed E-state index contributed by atoms with van der Waals surface area (Å²) in [6.07, 6.45) is 18.7. The van der Waals surface area contributed by atoms with E-state index in [0.29, 0.717) is 10.3 Å². The van der Waals surface area contributed by atoms with E-state index >= 15 is 0 Å². The summed E-state index contributed by atoms with van der Waals surface area (Å²) in [6, 6.07) is 3.72. The highest BCUT2D eigenvalue weighted by molar-refractivity contribution is 7.17. The SMILES string of the molecule is [C-]#[N+]C(C#N)=Nc1nc2c(s1)C1=CC3C=C4OC5(CCCCC5)c5nc(N=C(C#N)[N+]#[C-])sc5C4=CC3C=C1OC21CCCCC1. The lowest BCUT2D eigenvalue weighted by Crippen LogP contribution is -2.38. The predicted octanol–water partition coefficient (Wildman–Crippen LogP) is 8.42. The molecule has 0 bridgehead atoms. The average Bonchev–Trinajstić information content (AvgIpc) is 3.72. The molecule has 2 spiro atoms. The number of amidine groups is 2. The molecule has 2 atom stereocenters. The highest BCUT2D eigenvalue weighted by Crippen LogP contribution is 2.58. The van der Waals surface area contributed by atoms with Gasteiger partial charge in [0, 0.05) is 23.0 Å². The summed E-state index contributed by atoms with van der Waals surface area (Å²) < 4.78 is 13.9. The Morgan fingerprint density at radius 1 is 0.717 bits per heavy atom. The molecule has 4 heterocycles. The van der Waals surface area contributed by atoms with Crippen LogP contribution in [0, 0.1) is 47.6 Å². The maximum atomic E-state index is 9.34. The molecule has 6 aliphatic rings. The van der Waals surface area contributed by atoms with Crippen molar-refractivity contribution in [2.75, 3.05) is 0 Å². The Kier molecular flexibility index (Phi) is 6.76. The Bertz CT molecular complexity index is 1860. The van der Waals surface area contributed by atoms with Crippen molar-refractivity contribution in [2.24, 2.45) is 21.8 Å². The second kappa shape index (κ2) is 10.9. The van der Waals surface area contributed by atoms with Crippen molar-refractivity contribution in [1.82, 2.24) is 9.97 Å². The molecule has 2 aliphatic heterocycles. The number of nitriles is 2. The molecule has 10 nitrogen and oxygen atoms in total. The third kappa shape index (κ3) is 4.44. The molecule has 0 amide bonds. The Labute approximate surface area is 274 Å². The largest absolute Gasteiger partial charge is 0.481 e. The van der Waals surface area contributed by atoms with E-state index in [9.17, 15) is 10.5 Å². The zero-order chi connectivity index (χ0) is 31.5. The zero-order valence-corrected chi connectivity index (χ0v) is 26.4. The van der Waals surface area contributed by atoms with Gasteiger partial charge < -0.3 is 19.2 Å². The van der Waals surface area contributed by atoms with Crippen LogP contribution in [-0.4, -0.2) is 21.6 Å². The molecule has 2 aromatic rings. The number of nitrogens with zero attached hydrogens (tertiary/aromatic N) is 8. The quantitative estimate of drug-likeness (QED) is 0.184. The number of rotatable bonds is 2. The molecule has 0 radical (unpaired) electrons. The molecular formula is C34H26N8O2S2. The van der Waals surface area contributed by atoms with Gasteiger partial charge in [-0.2, -0.15) is 9.97 Å². The van der Waals surface area contributed by atoms with E-state index < -0.39 is 11.2 Å². The molecule has 8 rings (SSSR count). The van der Waals surface area contributed by atoms with Gasteiger partial charge in [-0.15, -0.1) is 0 Å². The number of hydrogen-bond donors (Lipinski definition) is 0. The summed E-state index contributed by atoms with van der Waals surface area (Å²) in [4.78, 5) is 26.8. The Morgan fingerprint density at radius 2 is 1.13 bits per heavy atom. The van der Waals surface area contributed by atoms with Gasteiger partial charge in [0.2, 0.25) is 0 Å². The number of aliphatic imine (C=N–C) groups is 2. The van der Waals surface area contributed by atoms with Gasteiger partial charge in [-0.25, -0.2) is 10.5 Å². The Morgan fingerprint density at radius 3 is 1.50 bits per heavy atom. The van der Waals surface area contributed by atoms with E-state index in [1.807, 2.05) is 12.1 Å². The lowest BCUT2D eigenvalue weighted by atomic mass is 9.73. The van der Waals surface area contributed by atoms with Crippen LogP contribution in [0.1, 0.15) is 85.4 Å². The van der Waals surface area contributed by atoms with E-state index in [4.69, 9.17) is 32.6 Å². The minimum Gasteiger partial charge on any atom is -0.481 e. The fraction of sp³-hybridized carbons (Fsp3) is 0.412. The minimum atomic E-state index is -0.554. The highest BCUT2D eigenvalue weighted by atomic mass is 32.1. The van der Waals surface area contributed by atoms with Gasteiger partial charge in [-0.1, -0.05) is 70.8 Å². The average molecular weight is 643 g/mol. The second-order valence-corrected chi connectivity index (χ2v) is 14.3. The molecule has 0 saturated heterocycles. The van der Waals surface area contributed by atoms with Crippen molar-refractivity contribution in [2.45, 2.75) is 75.4 Å². The number of fused-ring (bicyclic) bond motifs is 9. The van der Waals surface area contributed by atoms with Crippen LogP contribution in [0.3, 0.4) is 0 Å². The number of thiazole rings is 2. The number of allylic oxidation sites excluding steroid dienone is 6. The molecule has 2 fully saturated rings. The zero-order valence-electron chi connectivity index (χ0n) is 24.7. The lowest BCUT2D eigenvalue weighted by Gasteiger charge is -2.45. The first-order chi connectivity index (χ1) is 22.5. The van der Waals surface area contributed by atoms with Gasteiger partial charge in [0.05, 0.1) is 9.75 Å². The highest BCUT2D eigenvalue weighted by Gasteiger charge is 2.50. The Balaban J connectivity index is 1.24. The number of hydrogen-bond acceptors (Lipinski definition) is 10. The Hall–Kier alpha value is -4.88. The standard InChI is InChI=1S/C34H26N8O2S2/c1-37-25(17-35)39-31-41-29-27(45-31)21-13-19-16-24-22(14-20(19)15-23(21)43-33(29)9-5-3-6-10-33)28-30(34(44-24)11-7-4-8-12-34)42-32(46-28)40-26(18-36)38-2/h13-16,19-20H,3-12H2. The molecule has 0 aromatic carbocycles. The van der Waals surface area contributed by atoms with Crippen LogP contribution < -0.4 is 0 Å². The van der Waals surface area contributed by atoms with Gasteiger partial charge >= 0.3 is 21.9 Å². The summed E-state index contributed by atoms with van der Waals surface area (Å²) in [5.41, 5.74) is 2.58. The van der Waals surface area contributed by atoms with Crippen LogP contribution in [0.4, 0.5) is 10.3 Å². The molecule has 226 valence electrons. The summed E-state index contributed by atoms with van der Waals surface area (Å²) >= 11 is 2.83. The molecule has 12 heteroatoms. The summed E-state index contributed by atoms with van der Waals surface area (Å²) in [7, 11) is 0. The normalized spacial score (nSPS) is 25.0. The molecule has 2 unspecified atom stereocenters. The van der Waals surface area contributed by atoms with Crippen LogP contribution in [0.2, 0.25) is 0 Å². The molecule has 46 heavy (non-hydrogen) atoms. The van der Waals surface area contributed by atoms with Crippen molar-refractivity contribution < 1.29 is 9.47 Å². The van der Waals surface area contributed by atoms with Crippen LogP contribution in [0.25, 0.3) is 20.8 Å². The topological polar surface area (TPSA) is 125 Å². The van der Waals surface area contributed by atoms with Crippen molar-refractivity contribution in [3.8, 4) is 12.1 Å². The molecule has 0 N–H and O–H groups in total. The van der Waals surface area contributed by atoms with Gasteiger partial charge in [0.1, 0.15) is 35.0 Å². The first kappa shape index (κ1) is 28.6. The van der Waals surface area contributed by atoms with Gasteiger partial charge in [0.15, 0.2) is 11.2 Å². The van der Waals surface area contributed by atoms with Crippen molar-refractivity contribution in [1.29, 1.82) is 10.5 Å². The molecular weight excluding hydrogens is 617 g/mol. The molecule has 2 aromatic heterocycles. The van der Waals surface area contributed by atoms with Crippen LogP contribution in [-0.2, 0) is 20.7 Å². The fourth-order valence-electron chi connectivity index (χ4n) is 7.64. The fourth-order valence-corrected chi connectivity index (χ4v) is 9.76. The number of aromatic nitrogens is 2. The molecule has 4 aliphatic carbocycles. The van der Waals surface area contributed by atoms with Crippen LogP contribution in [0.5, 0.6) is 0 Å². The van der Waals surface area contributed by atoms with Crippen molar-refractivity contribution >= 4 is 55.8 Å². The summed E-state index contributed by atoms with van der Waals surface area (Å²) in [5, 5.41) is 19.5. The smallest absolute Gasteiger partial charge is 0.352 e. The predicted molar refractivity (Wildman–Crippen MR) is 174 cm³/mol. The number of ether oxygens (including phenoxy) is 2. The van der Waals surface area contributed by atoms with E-state index in [1.165, 1.54) is 22.7 Å². The third-order valence-electron chi connectivity index (χ3n) is 9.71. The first-order valence-corrected chi connectivity index (χ1v) is 17.1. The third-order valence-corrected chi connectivity index (χ3v) is 11.7. The van der Waals surface area contributed by atoms with Gasteiger partial charge in [-0.3, -0.25) is 0 Å². The van der Waals surface area contributed by atoms with E-state index in [-0.39, 0.29) is 23.5 Å². The lowest BCUT2D eigenvalue weighted by molar-refractivity contribution is -0.0373. The first-order valence-electron chi connectivity index (χ1n) is 15.5. The van der Waals surface area contributed by atoms with Gasteiger partial charge in [-0.05, 0) is 63.5 Å². The van der Waals surface area contributed by atoms with Crippen molar-refractivity contribution in [3.63, 3.8) is 0 Å².